The smallest absolute Gasteiger partial charge is 0.229 e. The Morgan fingerprint density at radius 1 is 1.08 bits per heavy atom. The molecule has 1 aromatic heterocycles. The molecule has 25 heavy (non-hydrogen) atoms. The van der Waals surface area contributed by atoms with E-state index in [2.05, 4.69) is 5.32 Å². The van der Waals surface area contributed by atoms with Gasteiger partial charge < -0.3 is 14.8 Å². The monoisotopic (exact) mass is 333 g/mol. The first-order chi connectivity index (χ1) is 12.1. The van der Waals surface area contributed by atoms with Crippen LogP contribution in [0.5, 0.6) is 0 Å². The molecule has 5 nitrogen and oxygen atoms in total. The third-order valence-electron chi connectivity index (χ3n) is 4.75. The predicted molar refractivity (Wildman–Crippen MR) is 98.5 cm³/mol. The van der Waals surface area contributed by atoms with Gasteiger partial charge in [0.05, 0.1) is 11.6 Å². The largest absolute Gasteiger partial charge is 0.350 e. The minimum atomic E-state index is -0.341. The molecule has 0 radical (unpaired) electrons. The Hall–Kier alpha value is -3.08. The van der Waals surface area contributed by atoms with E-state index >= 15 is 0 Å². The minimum absolute atomic E-state index is 0.00994. The number of aryl methyl sites for hydroxylation is 1. The Balaban J connectivity index is 1.53. The number of hydrogen-bond donors (Lipinski definition) is 1. The summed E-state index contributed by atoms with van der Waals surface area (Å²) in [5.74, 6) is -0.459. The number of carbonyl (C=O) groups excluding carboxylic acids is 2. The maximum atomic E-state index is 12.7. The number of anilines is 2. The third kappa shape index (κ3) is 2.78. The van der Waals surface area contributed by atoms with E-state index in [0.717, 1.165) is 22.3 Å². The van der Waals surface area contributed by atoms with Gasteiger partial charge in [-0.1, -0.05) is 24.3 Å². The van der Waals surface area contributed by atoms with Crippen molar-refractivity contribution in [3.8, 4) is 0 Å². The van der Waals surface area contributed by atoms with E-state index in [0.29, 0.717) is 6.54 Å². The predicted octanol–water partition coefficient (Wildman–Crippen LogP) is 3.17. The molecule has 1 N–H and O–H groups in total. The molecule has 0 aliphatic carbocycles. The van der Waals surface area contributed by atoms with Crippen LogP contribution in [0.2, 0.25) is 0 Å². The second kappa shape index (κ2) is 6.09. The molecule has 1 saturated heterocycles. The SMILES string of the molecule is Cn1ccc2c(NC(=O)[C@H]3CC(=O)N(c4ccccc4)C3)cccc21. The molecule has 0 spiro atoms. The van der Waals surface area contributed by atoms with Crippen molar-refractivity contribution in [2.45, 2.75) is 6.42 Å². The van der Waals surface area contributed by atoms with Crippen LogP contribution in [0.25, 0.3) is 10.9 Å². The Kier molecular flexibility index (Phi) is 3.76. The van der Waals surface area contributed by atoms with E-state index in [4.69, 9.17) is 0 Å². The van der Waals surface area contributed by atoms with Crippen LogP contribution in [0, 0.1) is 5.92 Å². The molecule has 2 aromatic carbocycles. The van der Waals surface area contributed by atoms with Crippen LogP contribution in [-0.2, 0) is 16.6 Å². The van der Waals surface area contributed by atoms with Crippen LogP contribution in [0.1, 0.15) is 6.42 Å². The fourth-order valence-electron chi connectivity index (χ4n) is 3.39. The highest BCUT2D eigenvalue weighted by atomic mass is 16.2. The number of benzene rings is 2. The van der Waals surface area contributed by atoms with E-state index < -0.39 is 0 Å². The Morgan fingerprint density at radius 2 is 1.88 bits per heavy atom. The molecule has 126 valence electrons. The van der Waals surface area contributed by atoms with Crippen LogP contribution in [0.15, 0.2) is 60.8 Å². The van der Waals surface area contributed by atoms with E-state index in [-0.39, 0.29) is 24.2 Å². The zero-order valence-electron chi connectivity index (χ0n) is 14.0. The molecule has 2 amide bonds. The third-order valence-corrected chi connectivity index (χ3v) is 4.75. The van der Waals surface area contributed by atoms with E-state index in [1.807, 2.05) is 72.4 Å². The number of rotatable bonds is 3. The van der Waals surface area contributed by atoms with Crippen LogP contribution in [0.3, 0.4) is 0 Å². The average molecular weight is 333 g/mol. The van der Waals surface area contributed by atoms with E-state index in [1.54, 1.807) is 4.90 Å². The lowest BCUT2D eigenvalue weighted by molar-refractivity contribution is -0.122. The summed E-state index contributed by atoms with van der Waals surface area (Å²) >= 11 is 0. The van der Waals surface area contributed by atoms with Gasteiger partial charge in [0, 0.05) is 42.8 Å². The number of nitrogens with one attached hydrogen (secondary N) is 1. The highest BCUT2D eigenvalue weighted by Crippen LogP contribution is 2.28. The van der Waals surface area contributed by atoms with Gasteiger partial charge >= 0.3 is 0 Å². The molecule has 1 fully saturated rings. The molecule has 3 aromatic rings. The summed E-state index contributed by atoms with van der Waals surface area (Å²) in [6.07, 6.45) is 2.21. The normalized spacial score (nSPS) is 17.2. The molecule has 1 aliphatic heterocycles. The second-order valence-corrected chi connectivity index (χ2v) is 6.40. The van der Waals surface area contributed by atoms with Crippen LogP contribution < -0.4 is 10.2 Å². The van der Waals surface area contributed by atoms with Crippen molar-refractivity contribution in [3.05, 3.63) is 60.8 Å². The fraction of sp³-hybridized carbons (Fsp3) is 0.200. The molecule has 1 aliphatic rings. The zero-order chi connectivity index (χ0) is 17.4. The Morgan fingerprint density at radius 3 is 2.68 bits per heavy atom. The highest BCUT2D eigenvalue weighted by molar-refractivity contribution is 6.06. The first-order valence-corrected chi connectivity index (χ1v) is 8.34. The van der Waals surface area contributed by atoms with Crippen molar-refractivity contribution in [2.24, 2.45) is 13.0 Å². The molecular weight excluding hydrogens is 314 g/mol. The summed E-state index contributed by atoms with van der Waals surface area (Å²) in [7, 11) is 1.97. The molecule has 0 bridgehead atoms. The number of carbonyl (C=O) groups is 2. The standard InChI is InChI=1S/C20H19N3O2/c1-22-11-10-16-17(8-5-9-18(16)22)21-20(25)14-12-19(24)23(13-14)15-6-3-2-4-7-15/h2-11,14H,12-13H2,1H3,(H,21,25)/t14-/m0/s1. The molecule has 0 saturated carbocycles. The molecule has 4 rings (SSSR count). The molecule has 1 atom stereocenters. The lowest BCUT2D eigenvalue weighted by atomic mass is 10.1. The summed E-state index contributed by atoms with van der Waals surface area (Å²) < 4.78 is 2.02. The van der Waals surface area contributed by atoms with E-state index in [9.17, 15) is 9.59 Å². The van der Waals surface area contributed by atoms with Crippen molar-refractivity contribution in [3.63, 3.8) is 0 Å². The fourth-order valence-corrected chi connectivity index (χ4v) is 3.39. The van der Waals surface area contributed by atoms with Gasteiger partial charge in [0.1, 0.15) is 0 Å². The van der Waals surface area contributed by atoms with Gasteiger partial charge in [0.2, 0.25) is 11.8 Å². The first kappa shape index (κ1) is 15.4. The van der Waals surface area contributed by atoms with Crippen molar-refractivity contribution in [1.82, 2.24) is 4.57 Å². The van der Waals surface area contributed by atoms with Gasteiger partial charge in [-0.05, 0) is 30.3 Å². The Bertz CT molecular complexity index is 946. The highest BCUT2D eigenvalue weighted by Gasteiger charge is 2.35. The summed E-state index contributed by atoms with van der Waals surface area (Å²) in [5.41, 5.74) is 2.69. The van der Waals surface area contributed by atoms with Gasteiger partial charge in [-0.2, -0.15) is 0 Å². The maximum Gasteiger partial charge on any atom is 0.229 e. The van der Waals surface area contributed by atoms with Crippen LogP contribution in [-0.4, -0.2) is 22.9 Å². The topological polar surface area (TPSA) is 54.3 Å². The number of hydrogen-bond acceptors (Lipinski definition) is 2. The quantitative estimate of drug-likeness (QED) is 0.800. The van der Waals surface area contributed by atoms with Gasteiger partial charge in [-0.25, -0.2) is 0 Å². The number of nitrogens with zero attached hydrogens (tertiary/aromatic N) is 2. The summed E-state index contributed by atoms with van der Waals surface area (Å²) in [4.78, 5) is 26.7. The average Bonchev–Trinajstić information content (AvgIpc) is 3.20. The summed E-state index contributed by atoms with van der Waals surface area (Å²) in [5, 5.41) is 4.00. The minimum Gasteiger partial charge on any atom is -0.350 e. The van der Waals surface area contributed by atoms with Gasteiger partial charge in [-0.3, -0.25) is 9.59 Å². The summed E-state index contributed by atoms with van der Waals surface area (Å²) in [6.45, 7) is 0.416. The molecule has 0 unspecified atom stereocenters. The van der Waals surface area contributed by atoms with Gasteiger partial charge in [0.25, 0.3) is 0 Å². The Labute approximate surface area is 145 Å². The number of amides is 2. The molecule has 2 heterocycles. The van der Waals surface area contributed by atoms with Gasteiger partial charge in [0.15, 0.2) is 0 Å². The second-order valence-electron chi connectivity index (χ2n) is 6.40. The lowest BCUT2D eigenvalue weighted by Crippen LogP contribution is -2.28. The van der Waals surface area contributed by atoms with E-state index in [1.165, 1.54) is 0 Å². The van der Waals surface area contributed by atoms with Crippen molar-refractivity contribution in [2.75, 3.05) is 16.8 Å². The molecular formula is C20H19N3O2. The van der Waals surface area contributed by atoms with Crippen molar-refractivity contribution < 1.29 is 9.59 Å². The number of fused-ring (bicyclic) bond motifs is 1. The molecule has 5 heteroatoms. The number of para-hydroxylation sites is 1. The van der Waals surface area contributed by atoms with Crippen molar-refractivity contribution >= 4 is 34.1 Å². The zero-order valence-corrected chi connectivity index (χ0v) is 14.0. The van der Waals surface area contributed by atoms with Crippen LogP contribution >= 0.6 is 0 Å². The summed E-state index contributed by atoms with van der Waals surface area (Å²) in [6, 6.07) is 17.3. The lowest BCUT2D eigenvalue weighted by Gasteiger charge is -2.16. The maximum absolute atomic E-state index is 12.7. The first-order valence-electron chi connectivity index (χ1n) is 8.34. The van der Waals surface area contributed by atoms with Crippen molar-refractivity contribution in [1.29, 1.82) is 0 Å². The van der Waals surface area contributed by atoms with Gasteiger partial charge in [-0.15, -0.1) is 0 Å². The number of aromatic nitrogens is 1. The van der Waals surface area contributed by atoms with Crippen LogP contribution in [0.4, 0.5) is 11.4 Å².